The van der Waals surface area contributed by atoms with Crippen molar-refractivity contribution in [2.24, 2.45) is 11.1 Å². The number of nitrogens with two attached hydrogens (primary N) is 1. The van der Waals surface area contributed by atoms with E-state index < -0.39 is 36.4 Å². The summed E-state index contributed by atoms with van der Waals surface area (Å²) in [5.74, 6) is -0.112. The second-order valence-electron chi connectivity index (χ2n) is 16.2. The number of carbonyl (C=O) groups is 2. The maximum atomic E-state index is 14.2. The van der Waals surface area contributed by atoms with Gasteiger partial charge in [-0.05, 0) is 84.8 Å². The predicted molar refractivity (Wildman–Crippen MR) is 210 cm³/mol. The Morgan fingerprint density at radius 2 is 1.75 bits per heavy atom. The molecule has 2 aromatic heterocycles. The highest BCUT2D eigenvalue weighted by molar-refractivity contribution is 7.84. The Hall–Kier alpha value is -3.21. The molecular weight excluding hydrogens is 731 g/mol. The molecule has 0 radical (unpaired) electrons. The Morgan fingerprint density at radius 1 is 1.08 bits per heavy atom. The minimum Gasteiger partial charge on any atom is -0.444 e. The van der Waals surface area contributed by atoms with E-state index in [0.717, 1.165) is 16.7 Å². The molecule has 1 saturated carbocycles. The molecule has 1 aliphatic carbocycles. The molecule has 1 aromatic carbocycles. The molecule has 0 spiro atoms. The van der Waals surface area contributed by atoms with Crippen LogP contribution in [0.25, 0.3) is 0 Å². The highest BCUT2D eigenvalue weighted by Gasteiger charge is 2.49. The van der Waals surface area contributed by atoms with Gasteiger partial charge in [-0.1, -0.05) is 65.8 Å². The summed E-state index contributed by atoms with van der Waals surface area (Å²) in [4.78, 5) is 38.6. The van der Waals surface area contributed by atoms with Crippen molar-refractivity contribution in [1.29, 1.82) is 0 Å². The maximum Gasteiger partial charge on any atom is 0.411 e. The lowest BCUT2D eigenvalue weighted by atomic mass is 9.89. The molecule has 1 aliphatic heterocycles. The standard InChI is InChI=1S/C38H55N5O7S2Si/c1-23(2)53(24(3)4,25(5)6)50-32-18-29(16-27(32)20-48-52(39,46)47)42-36-31(19-40-22-41-36)35(44)33-17-28(21-51-33)34-30-13-11-10-12-26(30)14-15-43(34)37(45)49-38(7,8)9/h10-13,17,19,21-25,27,29,32,34H,14-16,18,20H2,1-9H3,(H2,39,46,47)(H,40,41,42)/t27-,29-,32+,34-/m1/s1. The van der Waals surface area contributed by atoms with Gasteiger partial charge in [-0.2, -0.15) is 8.42 Å². The fourth-order valence-electron chi connectivity index (χ4n) is 8.37. The Balaban J connectivity index is 1.41. The number of thiophene rings is 1. The van der Waals surface area contributed by atoms with Crippen LogP contribution in [0.3, 0.4) is 0 Å². The van der Waals surface area contributed by atoms with Crippen LogP contribution < -0.4 is 10.5 Å². The highest BCUT2D eigenvalue weighted by atomic mass is 32.2. The number of aromatic nitrogens is 2. The number of hydrogen-bond donors (Lipinski definition) is 2. The number of ether oxygens (including phenoxy) is 1. The molecule has 1 amide bonds. The lowest BCUT2D eigenvalue weighted by Gasteiger charge is -2.45. The van der Waals surface area contributed by atoms with Crippen LogP contribution in [0.15, 0.2) is 48.2 Å². The number of anilines is 1. The van der Waals surface area contributed by atoms with Crippen LogP contribution >= 0.6 is 11.3 Å². The zero-order valence-electron chi connectivity index (χ0n) is 32.3. The third-order valence-electron chi connectivity index (χ3n) is 10.5. The number of ketones is 1. The van der Waals surface area contributed by atoms with E-state index in [1.165, 1.54) is 23.9 Å². The summed E-state index contributed by atoms with van der Waals surface area (Å²) in [5.41, 5.74) is 3.62. The number of amides is 1. The third-order valence-corrected chi connectivity index (χ3v) is 18.0. The molecule has 290 valence electrons. The average Bonchev–Trinajstić information content (AvgIpc) is 3.71. The summed E-state index contributed by atoms with van der Waals surface area (Å²) in [6, 6.07) is 9.31. The fourth-order valence-corrected chi connectivity index (χ4v) is 15.2. The quantitative estimate of drug-likeness (QED) is 0.130. The van der Waals surface area contributed by atoms with Gasteiger partial charge in [0.25, 0.3) is 0 Å². The first-order valence-electron chi connectivity index (χ1n) is 18.4. The van der Waals surface area contributed by atoms with Crippen LogP contribution in [0, 0.1) is 5.92 Å². The second-order valence-corrected chi connectivity index (χ2v) is 23.7. The number of fused-ring (bicyclic) bond motifs is 1. The SMILES string of the molecule is CC(C)[Si](O[C@H]1C[C@H](Nc2ncncc2C(=O)c2cc([C@@H]3c4ccccc4CCN3C(=O)OC(C)(C)C)cs2)C[C@@H]1COS(N)(=O)=O)(C(C)C)C(C)C. The average molecular weight is 786 g/mol. The van der Waals surface area contributed by atoms with Crippen molar-refractivity contribution in [3.8, 4) is 0 Å². The van der Waals surface area contributed by atoms with Gasteiger partial charge in [0.1, 0.15) is 17.7 Å². The second kappa shape index (κ2) is 16.3. The molecule has 5 rings (SSSR count). The number of hydrogen-bond acceptors (Lipinski definition) is 11. The molecule has 3 N–H and O–H groups in total. The molecule has 15 heteroatoms. The predicted octanol–water partition coefficient (Wildman–Crippen LogP) is 7.62. The van der Waals surface area contributed by atoms with Crippen molar-refractivity contribution < 1.29 is 31.4 Å². The summed E-state index contributed by atoms with van der Waals surface area (Å²) in [5, 5.41) is 10.6. The number of nitrogens with one attached hydrogen (secondary N) is 1. The number of nitrogens with zero attached hydrogens (tertiary/aromatic N) is 3. The minimum absolute atomic E-state index is 0.0986. The fraction of sp³-hybridized carbons (Fsp3) is 0.579. The van der Waals surface area contributed by atoms with Gasteiger partial charge in [0.05, 0.1) is 29.2 Å². The van der Waals surface area contributed by atoms with E-state index in [0.29, 0.717) is 58.7 Å². The summed E-state index contributed by atoms with van der Waals surface area (Å²) in [6.45, 7) is 19.2. The van der Waals surface area contributed by atoms with E-state index >= 15 is 0 Å². The maximum absolute atomic E-state index is 14.2. The van der Waals surface area contributed by atoms with E-state index in [9.17, 15) is 18.0 Å². The topological polar surface area (TPSA) is 163 Å². The van der Waals surface area contributed by atoms with Crippen LogP contribution in [-0.2, 0) is 30.1 Å². The Morgan fingerprint density at radius 3 is 2.40 bits per heavy atom. The van der Waals surface area contributed by atoms with Crippen molar-refractivity contribution in [3.05, 3.63) is 75.4 Å². The monoisotopic (exact) mass is 785 g/mol. The van der Waals surface area contributed by atoms with Gasteiger partial charge >= 0.3 is 16.4 Å². The van der Waals surface area contributed by atoms with E-state index in [-0.39, 0.29) is 30.5 Å². The van der Waals surface area contributed by atoms with Crippen LogP contribution in [0.1, 0.15) is 113 Å². The van der Waals surface area contributed by atoms with E-state index in [1.54, 1.807) is 4.90 Å². The summed E-state index contributed by atoms with van der Waals surface area (Å²) in [6.07, 6.45) is 4.04. The summed E-state index contributed by atoms with van der Waals surface area (Å²) in [7, 11) is -6.49. The first kappa shape index (κ1) is 41.0. The van der Waals surface area contributed by atoms with Crippen LogP contribution in [0.5, 0.6) is 0 Å². The van der Waals surface area contributed by atoms with Crippen molar-refractivity contribution in [1.82, 2.24) is 14.9 Å². The van der Waals surface area contributed by atoms with Crippen molar-refractivity contribution in [2.45, 2.75) is 122 Å². The first-order valence-corrected chi connectivity index (χ1v) is 22.9. The summed E-state index contributed by atoms with van der Waals surface area (Å²) >= 11 is 1.31. The van der Waals surface area contributed by atoms with Gasteiger partial charge in [0.15, 0.2) is 0 Å². The van der Waals surface area contributed by atoms with Crippen LogP contribution in [0.2, 0.25) is 16.6 Å². The largest absolute Gasteiger partial charge is 0.444 e. The zero-order valence-corrected chi connectivity index (χ0v) is 34.9. The van der Waals surface area contributed by atoms with Crippen molar-refractivity contribution >= 4 is 47.7 Å². The van der Waals surface area contributed by atoms with Gasteiger partial charge in [0.2, 0.25) is 14.1 Å². The molecule has 53 heavy (non-hydrogen) atoms. The lowest BCUT2D eigenvalue weighted by molar-refractivity contribution is 0.0178. The summed E-state index contributed by atoms with van der Waals surface area (Å²) < 4.78 is 41.7. The molecule has 4 atom stereocenters. The Bertz CT molecular complexity index is 1860. The van der Waals surface area contributed by atoms with E-state index in [4.69, 9.17) is 18.5 Å². The van der Waals surface area contributed by atoms with E-state index in [2.05, 4.69) is 62.9 Å². The molecule has 3 aromatic rings. The Labute approximate surface area is 319 Å². The normalized spacial score (nSPS) is 21.0. The van der Waals surface area contributed by atoms with Gasteiger partial charge in [-0.25, -0.2) is 19.9 Å². The van der Waals surface area contributed by atoms with Gasteiger partial charge in [-0.15, -0.1) is 11.3 Å². The molecule has 3 heterocycles. The Kier molecular flexibility index (Phi) is 12.6. The third kappa shape index (κ3) is 9.37. The van der Waals surface area contributed by atoms with Crippen molar-refractivity contribution in [2.75, 3.05) is 18.5 Å². The smallest absolute Gasteiger partial charge is 0.411 e. The zero-order chi connectivity index (χ0) is 38.9. The number of benzene rings is 1. The van der Waals surface area contributed by atoms with Gasteiger partial charge in [0, 0.05) is 24.7 Å². The van der Waals surface area contributed by atoms with Crippen LogP contribution in [-0.4, -0.2) is 74.4 Å². The van der Waals surface area contributed by atoms with Gasteiger partial charge in [-0.3, -0.25) is 13.9 Å². The highest BCUT2D eigenvalue weighted by Crippen LogP contribution is 2.46. The van der Waals surface area contributed by atoms with Gasteiger partial charge < -0.3 is 14.5 Å². The molecule has 0 saturated heterocycles. The first-order chi connectivity index (χ1) is 24.8. The molecule has 2 aliphatic rings. The van der Waals surface area contributed by atoms with Crippen LogP contribution in [0.4, 0.5) is 10.6 Å². The van der Waals surface area contributed by atoms with E-state index in [1.807, 2.05) is 50.4 Å². The number of rotatable bonds is 13. The minimum atomic E-state index is -4.15. The molecule has 0 unspecified atom stereocenters. The lowest BCUT2D eigenvalue weighted by Crippen LogP contribution is -2.51. The van der Waals surface area contributed by atoms with Crippen molar-refractivity contribution in [3.63, 3.8) is 0 Å². The number of carbonyl (C=O) groups excluding carboxylic acids is 2. The molecule has 12 nitrogen and oxygen atoms in total. The molecule has 1 fully saturated rings. The molecule has 0 bridgehead atoms. The molecular formula is C38H55N5O7S2Si.